The lowest BCUT2D eigenvalue weighted by molar-refractivity contribution is -0.697. The predicted octanol–water partition coefficient (Wildman–Crippen LogP) is 10.2. The van der Waals surface area contributed by atoms with E-state index in [0.717, 1.165) is 55.3 Å². The second-order valence-electron chi connectivity index (χ2n) is 13.4. The fraction of sp³-hybridized carbons (Fsp3) is 0.500. The van der Waals surface area contributed by atoms with Gasteiger partial charge >= 0.3 is 0 Å². The number of hydrogen-bond donors (Lipinski definition) is 0. The molecule has 0 saturated carbocycles. The highest BCUT2D eigenvalue weighted by Crippen LogP contribution is 2.33. The summed E-state index contributed by atoms with van der Waals surface area (Å²) in [5.41, 5.74) is 4.30. The van der Waals surface area contributed by atoms with Crippen molar-refractivity contribution < 1.29 is 14.0 Å². The van der Waals surface area contributed by atoms with Crippen LogP contribution >= 0.6 is 0 Å². The van der Waals surface area contributed by atoms with Crippen molar-refractivity contribution in [1.82, 2.24) is 0 Å². The zero-order valence-electron chi connectivity index (χ0n) is 27.4. The Bertz CT molecular complexity index is 1280. The number of hydrogen-bond acceptors (Lipinski definition) is 4. The van der Waals surface area contributed by atoms with Gasteiger partial charge in [-0.05, 0) is 71.2 Å². The largest absolute Gasteiger partial charge is 0.493 e. The minimum absolute atomic E-state index is 0.0430. The lowest BCUT2D eigenvalue weighted by atomic mass is 9.80. The monoisotopic (exact) mass is 582 g/mol. The van der Waals surface area contributed by atoms with Crippen LogP contribution in [0.1, 0.15) is 104 Å². The Morgan fingerprint density at radius 3 is 1.72 bits per heavy atom. The predicted molar refractivity (Wildman–Crippen MR) is 178 cm³/mol. The van der Waals surface area contributed by atoms with Crippen molar-refractivity contribution in [1.29, 1.82) is 0 Å². The quantitative estimate of drug-likeness (QED) is 0.0730. The van der Waals surface area contributed by atoms with Gasteiger partial charge in [0.2, 0.25) is 0 Å². The van der Waals surface area contributed by atoms with Gasteiger partial charge in [0, 0.05) is 18.6 Å². The van der Waals surface area contributed by atoms with E-state index in [0.29, 0.717) is 6.61 Å². The molecule has 0 aliphatic rings. The average molecular weight is 583 g/mol. The molecule has 0 N–H and O–H groups in total. The van der Waals surface area contributed by atoms with E-state index in [-0.39, 0.29) is 10.8 Å². The topological polar surface area (TPSA) is 47.1 Å². The van der Waals surface area contributed by atoms with Crippen LogP contribution in [0.25, 0.3) is 0 Å². The number of azo groups is 1. The van der Waals surface area contributed by atoms with Crippen LogP contribution in [-0.4, -0.2) is 13.2 Å². The first-order valence-electron chi connectivity index (χ1n) is 15.9. The van der Waals surface area contributed by atoms with E-state index < -0.39 is 0 Å². The van der Waals surface area contributed by atoms with Crippen LogP contribution in [0.15, 0.2) is 77.2 Å². The van der Waals surface area contributed by atoms with Crippen LogP contribution < -0.4 is 14.0 Å². The normalized spacial score (nSPS) is 11.9. The Kier molecular flexibility index (Phi) is 13.3. The van der Waals surface area contributed by atoms with E-state index in [4.69, 9.17) is 15.9 Å². The molecule has 0 radical (unpaired) electrons. The van der Waals surface area contributed by atoms with Crippen molar-refractivity contribution in [2.24, 2.45) is 10.2 Å². The molecule has 5 nitrogen and oxygen atoms in total. The Hall–Kier alpha value is -3.65. The molecular formula is C38H52N3O2+. The zero-order chi connectivity index (χ0) is 31.1. The fourth-order valence-electron chi connectivity index (χ4n) is 4.62. The third-order valence-electron chi connectivity index (χ3n) is 7.48. The van der Waals surface area contributed by atoms with Gasteiger partial charge < -0.3 is 9.47 Å². The first-order valence-corrected chi connectivity index (χ1v) is 15.9. The van der Waals surface area contributed by atoms with Crippen LogP contribution in [0.3, 0.4) is 0 Å². The average Bonchev–Trinajstić information content (AvgIpc) is 2.97. The summed E-state index contributed by atoms with van der Waals surface area (Å²) in [5.74, 6) is 4.44. The first kappa shape index (κ1) is 33.8. The summed E-state index contributed by atoms with van der Waals surface area (Å²) in [6, 6.07) is 18.4. The molecule has 1 aromatic heterocycles. The summed E-state index contributed by atoms with van der Waals surface area (Å²) in [5, 5.41) is 9.08. The molecule has 230 valence electrons. The van der Waals surface area contributed by atoms with Crippen LogP contribution in [0.5, 0.6) is 11.5 Å². The van der Waals surface area contributed by atoms with Gasteiger partial charge in [-0.15, -0.1) is 12.3 Å². The van der Waals surface area contributed by atoms with E-state index in [9.17, 15) is 0 Å². The van der Waals surface area contributed by atoms with Crippen LogP contribution in [0, 0.1) is 12.3 Å². The zero-order valence-corrected chi connectivity index (χ0v) is 27.4. The third kappa shape index (κ3) is 12.6. The smallest absolute Gasteiger partial charge is 0.182 e. The van der Waals surface area contributed by atoms with Crippen molar-refractivity contribution in [3.63, 3.8) is 0 Å². The second-order valence-corrected chi connectivity index (χ2v) is 13.4. The lowest BCUT2D eigenvalue weighted by Crippen LogP contribution is -2.35. The van der Waals surface area contributed by atoms with E-state index >= 15 is 0 Å². The van der Waals surface area contributed by atoms with Gasteiger partial charge in [0.05, 0.1) is 18.0 Å². The maximum atomic E-state index is 5.97. The first-order chi connectivity index (χ1) is 20.5. The van der Waals surface area contributed by atoms with Gasteiger partial charge in [-0.2, -0.15) is 10.2 Å². The number of nitrogens with zero attached hydrogens (tertiary/aromatic N) is 3. The third-order valence-corrected chi connectivity index (χ3v) is 7.48. The number of ether oxygens (including phenoxy) is 2. The highest BCUT2D eigenvalue weighted by molar-refractivity contribution is 5.49. The fourth-order valence-corrected chi connectivity index (χ4v) is 4.62. The number of unbranched alkanes of at least 4 members (excludes halogenated alkanes) is 7. The van der Waals surface area contributed by atoms with Crippen molar-refractivity contribution >= 4 is 11.4 Å². The van der Waals surface area contributed by atoms with Gasteiger partial charge in [-0.1, -0.05) is 79.7 Å². The molecule has 0 bridgehead atoms. The molecule has 1 heterocycles. The van der Waals surface area contributed by atoms with Crippen LogP contribution in [-0.2, 0) is 17.4 Å². The molecule has 0 atom stereocenters. The number of aromatic nitrogens is 1. The highest BCUT2D eigenvalue weighted by Gasteiger charge is 2.20. The van der Waals surface area contributed by atoms with Crippen molar-refractivity contribution in [3.05, 3.63) is 78.1 Å². The molecule has 3 rings (SSSR count). The molecule has 0 unspecified atom stereocenters. The Morgan fingerprint density at radius 2 is 1.14 bits per heavy atom. The standard InChI is InChI=1S/C38H52N3O2/c1-8-9-10-11-12-13-14-15-16-26-42-36-21-23-41(24-22-36)25-27-43-35-19-17-33(18-20-35)39-40-34-29-31(37(2,3)4)28-32(30-34)38(5,6)7/h1,17-24,28-30H,9-16,25-27H2,2-7H3/q+1. The summed E-state index contributed by atoms with van der Waals surface area (Å²) in [7, 11) is 0. The van der Waals surface area contributed by atoms with Gasteiger partial charge in [-0.25, -0.2) is 4.57 Å². The summed E-state index contributed by atoms with van der Waals surface area (Å²) in [4.78, 5) is 0. The molecule has 2 aromatic carbocycles. The SMILES string of the molecule is C#CCCCCCCCCCOc1cc[n+](CCOc2ccc(N=Nc3cc(C(C)(C)C)cc(C(C)(C)C)c3)cc2)cc1. The number of benzene rings is 2. The van der Waals surface area contributed by atoms with Crippen molar-refractivity contribution in [2.45, 2.75) is 110 Å². The summed E-state index contributed by atoms with van der Waals surface area (Å²) in [6.45, 7) is 15.5. The van der Waals surface area contributed by atoms with E-state index in [1.54, 1.807) is 0 Å². The molecule has 0 aliphatic carbocycles. The van der Waals surface area contributed by atoms with E-state index in [2.05, 4.69) is 80.5 Å². The highest BCUT2D eigenvalue weighted by atomic mass is 16.5. The Balaban J connectivity index is 1.39. The van der Waals surface area contributed by atoms with Gasteiger partial charge in [0.1, 0.15) is 18.1 Å². The van der Waals surface area contributed by atoms with Gasteiger partial charge in [0.25, 0.3) is 0 Å². The molecule has 0 saturated heterocycles. The number of rotatable bonds is 16. The lowest BCUT2D eigenvalue weighted by Gasteiger charge is -2.25. The molecule has 0 amide bonds. The van der Waals surface area contributed by atoms with Crippen molar-refractivity contribution in [3.8, 4) is 23.8 Å². The van der Waals surface area contributed by atoms with Crippen molar-refractivity contribution in [2.75, 3.05) is 13.2 Å². The Morgan fingerprint density at radius 1 is 0.628 bits per heavy atom. The molecule has 0 spiro atoms. The number of pyridine rings is 1. The molecule has 43 heavy (non-hydrogen) atoms. The molecular weight excluding hydrogens is 530 g/mol. The minimum atomic E-state index is 0.0430. The van der Waals surface area contributed by atoms with Gasteiger partial charge in [-0.3, -0.25) is 0 Å². The van der Waals surface area contributed by atoms with E-state index in [1.165, 1.54) is 43.2 Å². The second kappa shape index (κ2) is 16.8. The van der Waals surface area contributed by atoms with Gasteiger partial charge in [0.15, 0.2) is 18.9 Å². The number of terminal acetylenes is 1. The maximum Gasteiger partial charge on any atom is 0.182 e. The maximum absolute atomic E-state index is 5.97. The molecule has 3 aromatic rings. The van der Waals surface area contributed by atoms with Crippen LogP contribution in [0.4, 0.5) is 11.4 Å². The summed E-state index contributed by atoms with van der Waals surface area (Å²) < 4.78 is 14.0. The summed E-state index contributed by atoms with van der Waals surface area (Å²) >= 11 is 0. The molecule has 0 aliphatic heterocycles. The minimum Gasteiger partial charge on any atom is -0.493 e. The van der Waals surface area contributed by atoms with E-state index in [1.807, 2.05) is 48.8 Å². The molecule has 5 heteroatoms. The summed E-state index contributed by atoms with van der Waals surface area (Å²) in [6.07, 6.45) is 18.8. The van der Waals surface area contributed by atoms with Crippen LogP contribution in [0.2, 0.25) is 0 Å². The Labute approximate surface area is 260 Å². The molecule has 0 fully saturated rings.